The second-order valence-electron chi connectivity index (χ2n) is 5.50. The molecule has 1 aromatic carbocycles. The van der Waals surface area contributed by atoms with Crippen molar-refractivity contribution < 1.29 is 9.18 Å². The quantitative estimate of drug-likeness (QED) is 0.708. The van der Waals surface area contributed by atoms with Crippen molar-refractivity contribution in [1.29, 1.82) is 0 Å². The summed E-state index contributed by atoms with van der Waals surface area (Å²) in [5, 5.41) is 2.45. The third kappa shape index (κ3) is 4.02. The number of amides is 1. The molecule has 0 unspecified atom stereocenters. The molecule has 26 heavy (non-hydrogen) atoms. The Morgan fingerprint density at radius 2 is 2.04 bits per heavy atom. The maximum absolute atomic E-state index is 13.8. The molecule has 2 heterocycles. The number of benzene rings is 1. The van der Waals surface area contributed by atoms with Crippen LogP contribution >= 0.6 is 15.9 Å². The number of hydrogen-bond donors (Lipinski definition) is 1. The van der Waals surface area contributed by atoms with E-state index in [1.807, 2.05) is 0 Å². The van der Waals surface area contributed by atoms with Crippen LogP contribution in [0.2, 0.25) is 0 Å². The first-order valence-electron chi connectivity index (χ1n) is 7.69. The average molecular weight is 417 g/mol. The average Bonchev–Trinajstić information content (AvgIpc) is 2.61. The predicted octanol–water partition coefficient (Wildman–Crippen LogP) is 3.15. The van der Waals surface area contributed by atoms with E-state index in [1.54, 1.807) is 37.4 Å². The van der Waals surface area contributed by atoms with Gasteiger partial charge in [-0.2, -0.15) is 0 Å². The number of aromatic nitrogens is 3. The molecule has 132 valence electrons. The summed E-state index contributed by atoms with van der Waals surface area (Å²) >= 11 is 3.15. The summed E-state index contributed by atoms with van der Waals surface area (Å²) < 4.78 is 15.6. The van der Waals surface area contributed by atoms with Crippen molar-refractivity contribution in [3.05, 3.63) is 75.1 Å². The number of anilines is 1. The molecule has 0 saturated heterocycles. The van der Waals surface area contributed by atoms with Crippen LogP contribution in [0.15, 0.2) is 57.9 Å². The highest BCUT2D eigenvalue weighted by atomic mass is 79.9. The fourth-order valence-electron chi connectivity index (χ4n) is 2.38. The molecule has 6 nitrogen and oxygen atoms in total. The van der Waals surface area contributed by atoms with Crippen LogP contribution in [0, 0.1) is 12.7 Å². The van der Waals surface area contributed by atoms with E-state index in [1.165, 1.54) is 22.8 Å². The SMILES string of the molecule is Cc1nc(-c2ccccn2)cc(=O)n1CC(=O)Nc1ccc(Br)cc1F. The van der Waals surface area contributed by atoms with E-state index in [9.17, 15) is 14.0 Å². The molecule has 3 aromatic rings. The first-order chi connectivity index (χ1) is 12.4. The van der Waals surface area contributed by atoms with Gasteiger partial charge >= 0.3 is 0 Å². The van der Waals surface area contributed by atoms with Crippen LogP contribution < -0.4 is 10.9 Å². The third-order valence-corrected chi connectivity index (χ3v) is 4.13. The number of nitrogens with zero attached hydrogens (tertiary/aromatic N) is 3. The van der Waals surface area contributed by atoms with Crippen LogP contribution in [0.25, 0.3) is 11.4 Å². The van der Waals surface area contributed by atoms with Gasteiger partial charge in [-0.25, -0.2) is 9.37 Å². The van der Waals surface area contributed by atoms with Crippen molar-refractivity contribution in [2.24, 2.45) is 0 Å². The molecule has 1 N–H and O–H groups in total. The van der Waals surface area contributed by atoms with Crippen LogP contribution in [0.3, 0.4) is 0 Å². The molecular formula is C18H14BrFN4O2. The lowest BCUT2D eigenvalue weighted by Gasteiger charge is -2.11. The van der Waals surface area contributed by atoms with Gasteiger partial charge < -0.3 is 5.32 Å². The number of rotatable bonds is 4. The Morgan fingerprint density at radius 3 is 2.69 bits per heavy atom. The van der Waals surface area contributed by atoms with E-state index in [0.29, 0.717) is 21.7 Å². The van der Waals surface area contributed by atoms with E-state index in [4.69, 9.17) is 0 Å². The van der Waals surface area contributed by atoms with Gasteiger partial charge in [0.2, 0.25) is 5.91 Å². The number of halogens is 2. The number of hydrogen-bond acceptors (Lipinski definition) is 4. The molecular weight excluding hydrogens is 403 g/mol. The van der Waals surface area contributed by atoms with Crippen LogP contribution in [0.1, 0.15) is 5.82 Å². The smallest absolute Gasteiger partial charge is 0.254 e. The number of nitrogens with one attached hydrogen (secondary N) is 1. The molecule has 0 bridgehead atoms. The molecule has 8 heteroatoms. The lowest BCUT2D eigenvalue weighted by Crippen LogP contribution is -2.30. The van der Waals surface area contributed by atoms with Gasteiger partial charge in [-0.15, -0.1) is 0 Å². The summed E-state index contributed by atoms with van der Waals surface area (Å²) in [5.74, 6) is -0.728. The van der Waals surface area contributed by atoms with Crippen molar-refractivity contribution in [3.63, 3.8) is 0 Å². The molecule has 0 aliphatic carbocycles. The monoisotopic (exact) mass is 416 g/mol. The van der Waals surface area contributed by atoms with Gasteiger partial charge in [-0.3, -0.25) is 19.1 Å². The fourth-order valence-corrected chi connectivity index (χ4v) is 2.72. The molecule has 3 rings (SSSR count). The minimum absolute atomic E-state index is 0.0435. The van der Waals surface area contributed by atoms with E-state index >= 15 is 0 Å². The summed E-state index contributed by atoms with van der Waals surface area (Å²) in [6, 6.07) is 10.9. The van der Waals surface area contributed by atoms with Gasteiger partial charge in [-0.05, 0) is 37.3 Å². The molecule has 1 amide bonds. The minimum Gasteiger partial charge on any atom is -0.322 e. The van der Waals surface area contributed by atoms with Gasteiger partial charge in [-0.1, -0.05) is 22.0 Å². The number of aryl methyl sites for hydroxylation is 1. The summed E-state index contributed by atoms with van der Waals surface area (Å²) in [4.78, 5) is 33.1. The Balaban J connectivity index is 1.81. The van der Waals surface area contributed by atoms with Gasteiger partial charge in [0.05, 0.1) is 17.1 Å². The van der Waals surface area contributed by atoms with Crippen molar-refractivity contribution in [3.8, 4) is 11.4 Å². The first-order valence-corrected chi connectivity index (χ1v) is 8.48. The lowest BCUT2D eigenvalue weighted by atomic mass is 10.2. The standard InChI is InChI=1S/C18H14BrFN4O2/c1-11-22-16(15-4-2-3-7-21-15)9-18(26)24(11)10-17(25)23-14-6-5-12(19)8-13(14)20/h2-9H,10H2,1H3,(H,23,25). The summed E-state index contributed by atoms with van der Waals surface area (Å²) in [7, 11) is 0. The van der Waals surface area contributed by atoms with Crippen LogP contribution in [-0.2, 0) is 11.3 Å². The Morgan fingerprint density at radius 1 is 1.23 bits per heavy atom. The Bertz CT molecular complexity index is 1020. The largest absolute Gasteiger partial charge is 0.322 e. The molecule has 0 aliphatic rings. The number of carbonyl (C=O) groups is 1. The zero-order valence-electron chi connectivity index (χ0n) is 13.7. The zero-order valence-corrected chi connectivity index (χ0v) is 15.3. The van der Waals surface area contributed by atoms with Gasteiger partial charge in [0.15, 0.2) is 0 Å². The topological polar surface area (TPSA) is 76.9 Å². The molecule has 0 atom stereocenters. The summed E-state index contributed by atoms with van der Waals surface area (Å²) in [6.45, 7) is 1.36. The molecule has 0 aliphatic heterocycles. The van der Waals surface area contributed by atoms with E-state index in [0.717, 1.165) is 0 Å². The minimum atomic E-state index is -0.569. The maximum Gasteiger partial charge on any atom is 0.254 e. The Labute approximate surface area is 156 Å². The third-order valence-electron chi connectivity index (χ3n) is 3.63. The van der Waals surface area contributed by atoms with Crippen molar-refractivity contribution >= 4 is 27.5 Å². The van der Waals surface area contributed by atoms with Crippen molar-refractivity contribution in [1.82, 2.24) is 14.5 Å². The lowest BCUT2D eigenvalue weighted by molar-refractivity contribution is -0.116. The Kier molecular flexibility index (Phi) is 5.22. The molecule has 0 spiro atoms. The maximum atomic E-state index is 13.8. The van der Waals surface area contributed by atoms with Gasteiger partial charge in [0.1, 0.15) is 18.2 Å². The summed E-state index contributed by atoms with van der Waals surface area (Å²) in [6.07, 6.45) is 1.61. The predicted molar refractivity (Wildman–Crippen MR) is 99.2 cm³/mol. The van der Waals surface area contributed by atoms with Crippen LogP contribution in [0.5, 0.6) is 0 Å². The zero-order chi connectivity index (χ0) is 18.7. The fraction of sp³-hybridized carbons (Fsp3) is 0.111. The second-order valence-corrected chi connectivity index (χ2v) is 6.42. The summed E-state index contributed by atoms with van der Waals surface area (Å²) in [5.41, 5.74) is 0.663. The van der Waals surface area contributed by atoms with E-state index in [-0.39, 0.29) is 17.8 Å². The molecule has 2 aromatic heterocycles. The number of carbonyl (C=O) groups excluding carboxylic acids is 1. The van der Waals surface area contributed by atoms with Gasteiger partial charge in [0, 0.05) is 16.7 Å². The molecule has 0 saturated carbocycles. The molecule has 0 radical (unpaired) electrons. The highest BCUT2D eigenvalue weighted by Crippen LogP contribution is 2.19. The number of pyridine rings is 1. The van der Waals surface area contributed by atoms with Crippen LogP contribution in [-0.4, -0.2) is 20.4 Å². The van der Waals surface area contributed by atoms with Crippen molar-refractivity contribution in [2.75, 3.05) is 5.32 Å². The molecule has 0 fully saturated rings. The normalized spacial score (nSPS) is 10.6. The van der Waals surface area contributed by atoms with Crippen LogP contribution in [0.4, 0.5) is 10.1 Å². The highest BCUT2D eigenvalue weighted by Gasteiger charge is 2.13. The van der Waals surface area contributed by atoms with E-state index in [2.05, 4.69) is 31.2 Å². The Hall–Kier alpha value is -2.87. The van der Waals surface area contributed by atoms with Crippen molar-refractivity contribution in [2.45, 2.75) is 13.5 Å². The van der Waals surface area contributed by atoms with E-state index < -0.39 is 11.7 Å². The highest BCUT2D eigenvalue weighted by molar-refractivity contribution is 9.10. The van der Waals surface area contributed by atoms with Gasteiger partial charge in [0.25, 0.3) is 5.56 Å². The second kappa shape index (κ2) is 7.57. The first kappa shape index (κ1) is 17.9.